The Bertz CT molecular complexity index is 899. The van der Waals surface area contributed by atoms with Gasteiger partial charge in [-0.3, -0.25) is 9.69 Å². The summed E-state index contributed by atoms with van der Waals surface area (Å²) in [5.41, 5.74) is 2.60. The minimum absolute atomic E-state index is 0.0191. The highest BCUT2D eigenvalue weighted by molar-refractivity contribution is 5.95. The van der Waals surface area contributed by atoms with Crippen molar-refractivity contribution >= 4 is 23.2 Å². The second-order valence-electron chi connectivity index (χ2n) is 8.88. The number of amides is 2. The van der Waals surface area contributed by atoms with Crippen molar-refractivity contribution in [2.24, 2.45) is 11.8 Å². The van der Waals surface area contributed by atoms with E-state index in [1.807, 2.05) is 0 Å². The summed E-state index contributed by atoms with van der Waals surface area (Å²) in [5, 5.41) is 5.89. The van der Waals surface area contributed by atoms with Crippen molar-refractivity contribution in [3.8, 4) is 0 Å². The summed E-state index contributed by atoms with van der Waals surface area (Å²) in [5.74, 6) is 1.40. The monoisotopic (exact) mass is 420 g/mol. The molecule has 2 aromatic carbocycles. The lowest BCUT2D eigenvalue weighted by Gasteiger charge is -2.50. The van der Waals surface area contributed by atoms with Crippen LogP contribution in [0.4, 0.5) is 16.2 Å². The summed E-state index contributed by atoms with van der Waals surface area (Å²) >= 11 is 0. The number of urea groups is 1. The molecule has 3 fully saturated rings. The lowest BCUT2D eigenvalue weighted by atomic mass is 9.75. The zero-order valence-electron chi connectivity index (χ0n) is 18.4. The van der Waals surface area contributed by atoms with E-state index in [2.05, 4.69) is 57.8 Å². The Hall–Kier alpha value is -2.86. The third kappa shape index (κ3) is 5.25. The number of para-hydroxylation sites is 1. The Labute approximate surface area is 184 Å². The van der Waals surface area contributed by atoms with E-state index in [0.717, 1.165) is 26.1 Å². The Balaban J connectivity index is 1.25. The fraction of sp³-hybridized carbons (Fsp3) is 0.440. The highest BCUT2D eigenvalue weighted by Crippen LogP contribution is 2.36. The minimum Gasteiger partial charge on any atom is -0.374 e. The molecule has 3 saturated heterocycles. The summed E-state index contributed by atoms with van der Waals surface area (Å²) in [6.07, 6.45) is 2.39. The van der Waals surface area contributed by atoms with Crippen LogP contribution in [-0.4, -0.2) is 56.0 Å². The highest BCUT2D eigenvalue weighted by atomic mass is 16.2. The van der Waals surface area contributed by atoms with Crippen LogP contribution in [0.15, 0.2) is 54.6 Å². The molecule has 5 rings (SSSR count). The number of nitrogens with one attached hydrogen (secondary N) is 2. The van der Waals surface area contributed by atoms with Crippen LogP contribution in [0.25, 0.3) is 0 Å². The van der Waals surface area contributed by atoms with Crippen LogP contribution in [0.2, 0.25) is 0 Å². The van der Waals surface area contributed by atoms with E-state index in [9.17, 15) is 9.59 Å². The van der Waals surface area contributed by atoms with Crippen molar-refractivity contribution in [1.82, 2.24) is 10.2 Å². The van der Waals surface area contributed by atoms with Gasteiger partial charge in [0, 0.05) is 49.7 Å². The largest absolute Gasteiger partial charge is 0.374 e. The first kappa shape index (κ1) is 21.4. The predicted octanol–water partition coefficient (Wildman–Crippen LogP) is 3.86. The van der Waals surface area contributed by atoms with Crippen LogP contribution >= 0.6 is 0 Å². The van der Waals surface area contributed by atoms with E-state index in [-0.39, 0.29) is 11.8 Å². The summed E-state index contributed by atoms with van der Waals surface area (Å²) in [6, 6.07) is 17.8. The third-order valence-corrected chi connectivity index (χ3v) is 6.77. The van der Waals surface area contributed by atoms with Gasteiger partial charge in [-0.1, -0.05) is 18.2 Å². The van der Waals surface area contributed by atoms with Crippen LogP contribution in [0.1, 0.15) is 30.1 Å². The molecule has 0 saturated carbocycles. The fourth-order valence-electron chi connectivity index (χ4n) is 4.98. The van der Waals surface area contributed by atoms with Crippen LogP contribution in [0, 0.1) is 11.8 Å². The SMILES string of the molecule is CC(=O)c1ccc(NC(=O)NCC2CC3CCN2CC3CN(C)c2ccccc2)cc1. The topological polar surface area (TPSA) is 64.7 Å². The summed E-state index contributed by atoms with van der Waals surface area (Å²) in [6.45, 7) is 5.49. The quantitative estimate of drug-likeness (QED) is 0.668. The molecule has 3 aliphatic rings. The molecule has 4 unspecified atom stereocenters. The molecular weight excluding hydrogens is 388 g/mol. The number of nitrogens with zero attached hydrogens (tertiary/aromatic N) is 2. The molecule has 3 heterocycles. The van der Waals surface area contributed by atoms with Gasteiger partial charge in [0.15, 0.2) is 5.78 Å². The predicted molar refractivity (Wildman–Crippen MR) is 125 cm³/mol. The molecule has 31 heavy (non-hydrogen) atoms. The van der Waals surface area contributed by atoms with Gasteiger partial charge in [-0.05, 0) is 74.5 Å². The zero-order valence-corrected chi connectivity index (χ0v) is 18.4. The van der Waals surface area contributed by atoms with Gasteiger partial charge >= 0.3 is 6.03 Å². The van der Waals surface area contributed by atoms with Crippen molar-refractivity contribution in [2.45, 2.75) is 25.8 Å². The Morgan fingerprint density at radius 2 is 1.84 bits per heavy atom. The van der Waals surface area contributed by atoms with Crippen LogP contribution < -0.4 is 15.5 Å². The Morgan fingerprint density at radius 1 is 1.10 bits per heavy atom. The molecule has 6 nitrogen and oxygen atoms in total. The van der Waals surface area contributed by atoms with Gasteiger partial charge in [-0.25, -0.2) is 4.79 Å². The fourth-order valence-corrected chi connectivity index (χ4v) is 4.98. The van der Waals surface area contributed by atoms with Crippen molar-refractivity contribution in [3.05, 3.63) is 60.2 Å². The number of fused-ring (bicyclic) bond motifs is 3. The summed E-state index contributed by atoms with van der Waals surface area (Å²) in [7, 11) is 2.18. The first-order valence-electron chi connectivity index (χ1n) is 11.2. The second kappa shape index (κ2) is 9.52. The standard InChI is InChI=1S/C25H32N4O2/c1-18(30)19-8-10-22(11-9-19)27-25(31)26-15-24-14-20-12-13-29(24)17-21(20)16-28(2)23-6-4-3-5-7-23/h3-11,20-21,24H,12-17H2,1-2H3,(H2,26,27,31). The number of hydrogen-bond acceptors (Lipinski definition) is 4. The average molecular weight is 421 g/mol. The molecule has 4 atom stereocenters. The number of carbonyl (C=O) groups excluding carboxylic acids is 2. The molecule has 0 spiro atoms. The van der Waals surface area contributed by atoms with Gasteiger partial charge in [0.05, 0.1) is 0 Å². The molecule has 2 amide bonds. The normalized spacial score (nSPS) is 24.5. The molecule has 0 aliphatic carbocycles. The zero-order chi connectivity index (χ0) is 21.8. The second-order valence-corrected chi connectivity index (χ2v) is 8.88. The molecule has 2 N–H and O–H groups in total. The van der Waals surface area contributed by atoms with Crippen LogP contribution in [0.5, 0.6) is 0 Å². The molecule has 0 aromatic heterocycles. The van der Waals surface area contributed by atoms with E-state index in [1.54, 1.807) is 24.3 Å². The maximum Gasteiger partial charge on any atom is 0.319 e. The van der Waals surface area contributed by atoms with Crippen LogP contribution in [0.3, 0.4) is 0 Å². The lowest BCUT2D eigenvalue weighted by Crippen LogP contribution is -2.58. The van der Waals surface area contributed by atoms with Gasteiger partial charge in [0.1, 0.15) is 0 Å². The highest BCUT2D eigenvalue weighted by Gasteiger charge is 2.40. The first-order valence-corrected chi connectivity index (χ1v) is 11.2. The molecule has 3 aliphatic heterocycles. The summed E-state index contributed by atoms with van der Waals surface area (Å²) in [4.78, 5) is 28.6. The lowest BCUT2D eigenvalue weighted by molar-refractivity contribution is 0.00612. The van der Waals surface area contributed by atoms with Crippen molar-refractivity contribution < 1.29 is 9.59 Å². The van der Waals surface area contributed by atoms with E-state index in [1.165, 1.54) is 19.0 Å². The average Bonchev–Trinajstić information content (AvgIpc) is 2.79. The smallest absolute Gasteiger partial charge is 0.319 e. The first-order chi connectivity index (χ1) is 15.0. The number of ketones is 1. The number of anilines is 2. The molecule has 2 aromatic rings. The molecular formula is C25H32N4O2. The van der Waals surface area contributed by atoms with Gasteiger partial charge in [0.25, 0.3) is 0 Å². The number of rotatable bonds is 7. The molecule has 2 bridgehead atoms. The Kier molecular flexibility index (Phi) is 6.56. The summed E-state index contributed by atoms with van der Waals surface area (Å²) < 4.78 is 0. The number of piperidine rings is 3. The molecule has 6 heteroatoms. The number of benzene rings is 2. The minimum atomic E-state index is -0.196. The Morgan fingerprint density at radius 3 is 2.48 bits per heavy atom. The van der Waals surface area contributed by atoms with Gasteiger partial charge in [-0.2, -0.15) is 0 Å². The van der Waals surface area contributed by atoms with E-state index in [0.29, 0.717) is 35.7 Å². The van der Waals surface area contributed by atoms with Crippen molar-refractivity contribution in [1.29, 1.82) is 0 Å². The van der Waals surface area contributed by atoms with E-state index >= 15 is 0 Å². The van der Waals surface area contributed by atoms with Gasteiger partial charge in [-0.15, -0.1) is 0 Å². The van der Waals surface area contributed by atoms with E-state index < -0.39 is 0 Å². The van der Waals surface area contributed by atoms with Gasteiger partial charge < -0.3 is 15.5 Å². The number of hydrogen-bond donors (Lipinski definition) is 2. The molecule has 164 valence electrons. The molecule has 0 radical (unpaired) electrons. The van der Waals surface area contributed by atoms with Crippen molar-refractivity contribution in [2.75, 3.05) is 43.4 Å². The van der Waals surface area contributed by atoms with Gasteiger partial charge in [0.2, 0.25) is 0 Å². The maximum atomic E-state index is 12.3. The van der Waals surface area contributed by atoms with Crippen molar-refractivity contribution in [3.63, 3.8) is 0 Å². The number of carbonyl (C=O) groups is 2. The van der Waals surface area contributed by atoms with E-state index in [4.69, 9.17) is 0 Å². The number of Topliss-reactive ketones (excluding diaryl/α,β-unsaturated/α-hetero) is 1. The third-order valence-electron chi connectivity index (χ3n) is 6.77. The maximum absolute atomic E-state index is 12.3. The van der Waals surface area contributed by atoms with Crippen LogP contribution in [-0.2, 0) is 0 Å².